The molecule has 1 aromatic heterocycles. The second-order valence-corrected chi connectivity index (χ2v) is 6.72. The zero-order valence-electron chi connectivity index (χ0n) is 15.3. The van der Waals surface area contributed by atoms with Crippen molar-refractivity contribution in [1.82, 2.24) is 20.8 Å². The van der Waals surface area contributed by atoms with Crippen molar-refractivity contribution < 1.29 is 14.1 Å². The molecule has 25 heavy (non-hydrogen) atoms. The Morgan fingerprint density at radius 1 is 1.20 bits per heavy atom. The van der Waals surface area contributed by atoms with Crippen molar-refractivity contribution in [3.8, 4) is 11.5 Å². The van der Waals surface area contributed by atoms with Gasteiger partial charge in [0.25, 0.3) is 11.8 Å². The van der Waals surface area contributed by atoms with Crippen LogP contribution in [0.25, 0.3) is 11.5 Å². The SMILES string of the molecule is COCCNCCNC(=O)c1ccccc1-c1nc(C(C)(C)C)no1. The van der Waals surface area contributed by atoms with E-state index in [0.29, 0.717) is 42.5 Å². The smallest absolute Gasteiger partial charge is 0.258 e. The van der Waals surface area contributed by atoms with Gasteiger partial charge < -0.3 is 19.9 Å². The van der Waals surface area contributed by atoms with E-state index in [4.69, 9.17) is 9.26 Å². The molecular formula is C18H26N4O3. The van der Waals surface area contributed by atoms with Crippen molar-refractivity contribution in [2.24, 2.45) is 0 Å². The van der Waals surface area contributed by atoms with Crippen molar-refractivity contribution >= 4 is 5.91 Å². The lowest BCUT2D eigenvalue weighted by Crippen LogP contribution is -2.33. The van der Waals surface area contributed by atoms with Crippen molar-refractivity contribution in [3.05, 3.63) is 35.7 Å². The van der Waals surface area contributed by atoms with Gasteiger partial charge >= 0.3 is 0 Å². The largest absolute Gasteiger partial charge is 0.383 e. The zero-order chi connectivity index (χ0) is 18.3. The summed E-state index contributed by atoms with van der Waals surface area (Å²) >= 11 is 0. The summed E-state index contributed by atoms with van der Waals surface area (Å²) in [5, 5.41) is 10.1. The number of hydrogen-bond acceptors (Lipinski definition) is 6. The number of carbonyl (C=O) groups excluding carboxylic acids is 1. The molecule has 0 spiro atoms. The van der Waals surface area contributed by atoms with Gasteiger partial charge in [0.15, 0.2) is 5.82 Å². The molecule has 1 heterocycles. The predicted molar refractivity (Wildman–Crippen MR) is 95.5 cm³/mol. The molecule has 0 saturated heterocycles. The summed E-state index contributed by atoms with van der Waals surface area (Å²) in [5.41, 5.74) is 0.936. The van der Waals surface area contributed by atoms with Crippen molar-refractivity contribution in [2.75, 3.05) is 33.4 Å². The van der Waals surface area contributed by atoms with Gasteiger partial charge in [0, 0.05) is 32.2 Å². The fourth-order valence-corrected chi connectivity index (χ4v) is 2.16. The van der Waals surface area contributed by atoms with Crippen LogP contribution in [0.15, 0.2) is 28.8 Å². The molecule has 0 unspecified atom stereocenters. The van der Waals surface area contributed by atoms with E-state index < -0.39 is 0 Å². The van der Waals surface area contributed by atoms with Crippen LogP contribution in [-0.2, 0) is 10.2 Å². The molecule has 2 N–H and O–H groups in total. The number of hydrogen-bond donors (Lipinski definition) is 2. The van der Waals surface area contributed by atoms with Crippen LogP contribution in [0.4, 0.5) is 0 Å². The standard InChI is InChI=1S/C18H26N4O3/c1-18(2,3)17-21-16(25-22-17)14-8-6-5-7-13(14)15(23)20-10-9-19-11-12-24-4/h5-8,19H,9-12H2,1-4H3,(H,20,23). The normalized spacial score (nSPS) is 11.5. The zero-order valence-corrected chi connectivity index (χ0v) is 15.3. The van der Waals surface area contributed by atoms with Gasteiger partial charge in [-0.15, -0.1) is 0 Å². The lowest BCUT2D eigenvalue weighted by atomic mass is 9.96. The van der Waals surface area contributed by atoms with Crippen LogP contribution in [0.1, 0.15) is 37.0 Å². The molecule has 0 aliphatic rings. The molecule has 0 radical (unpaired) electrons. The minimum atomic E-state index is -0.215. The Morgan fingerprint density at radius 3 is 2.64 bits per heavy atom. The number of benzene rings is 1. The number of aromatic nitrogens is 2. The van der Waals surface area contributed by atoms with Gasteiger partial charge in [0.1, 0.15) is 0 Å². The number of nitrogens with zero attached hydrogens (tertiary/aromatic N) is 2. The molecule has 7 nitrogen and oxygen atoms in total. The maximum absolute atomic E-state index is 12.5. The molecule has 2 aromatic rings. The molecule has 1 amide bonds. The lowest BCUT2D eigenvalue weighted by Gasteiger charge is -2.11. The number of nitrogens with one attached hydrogen (secondary N) is 2. The third kappa shape index (κ3) is 5.37. The lowest BCUT2D eigenvalue weighted by molar-refractivity contribution is 0.0954. The van der Waals surface area contributed by atoms with Gasteiger partial charge in [0.2, 0.25) is 0 Å². The van der Waals surface area contributed by atoms with Crippen molar-refractivity contribution in [1.29, 1.82) is 0 Å². The molecule has 1 aromatic carbocycles. The van der Waals surface area contributed by atoms with E-state index in [0.717, 1.165) is 6.54 Å². The predicted octanol–water partition coefficient (Wildman–Crippen LogP) is 2.00. The van der Waals surface area contributed by atoms with E-state index in [1.54, 1.807) is 13.2 Å². The first kappa shape index (κ1) is 19.1. The van der Waals surface area contributed by atoms with Gasteiger partial charge in [-0.05, 0) is 12.1 Å². The maximum Gasteiger partial charge on any atom is 0.258 e. The summed E-state index contributed by atoms with van der Waals surface area (Å²) in [7, 11) is 1.66. The van der Waals surface area contributed by atoms with Crippen LogP contribution < -0.4 is 10.6 Å². The Morgan fingerprint density at radius 2 is 1.96 bits per heavy atom. The molecule has 0 bridgehead atoms. The maximum atomic E-state index is 12.5. The summed E-state index contributed by atoms with van der Waals surface area (Å²) < 4.78 is 10.3. The van der Waals surface area contributed by atoms with Crippen LogP contribution in [0.3, 0.4) is 0 Å². The average molecular weight is 346 g/mol. The number of carbonyl (C=O) groups is 1. The van der Waals surface area contributed by atoms with Crippen molar-refractivity contribution in [2.45, 2.75) is 26.2 Å². The second-order valence-electron chi connectivity index (χ2n) is 6.72. The first-order chi connectivity index (χ1) is 11.9. The third-order valence-corrected chi connectivity index (χ3v) is 3.57. The highest BCUT2D eigenvalue weighted by atomic mass is 16.5. The number of methoxy groups -OCH3 is 1. The van der Waals surface area contributed by atoms with Crippen LogP contribution in [-0.4, -0.2) is 49.4 Å². The average Bonchev–Trinajstić information content (AvgIpc) is 3.08. The Balaban J connectivity index is 2.05. The summed E-state index contributed by atoms with van der Waals surface area (Å²) in [4.78, 5) is 16.9. The van der Waals surface area contributed by atoms with Gasteiger partial charge in [-0.1, -0.05) is 38.1 Å². The second kappa shape index (κ2) is 8.73. The number of rotatable bonds is 8. The first-order valence-electron chi connectivity index (χ1n) is 8.35. The minimum Gasteiger partial charge on any atom is -0.383 e. The van der Waals surface area contributed by atoms with E-state index in [-0.39, 0.29) is 11.3 Å². The molecular weight excluding hydrogens is 320 g/mol. The highest BCUT2D eigenvalue weighted by Crippen LogP contribution is 2.25. The Hall–Kier alpha value is -2.25. The third-order valence-electron chi connectivity index (χ3n) is 3.57. The van der Waals surface area contributed by atoms with E-state index in [2.05, 4.69) is 20.8 Å². The van der Waals surface area contributed by atoms with Gasteiger partial charge in [0.05, 0.1) is 17.7 Å². The van der Waals surface area contributed by atoms with Crippen LogP contribution in [0.5, 0.6) is 0 Å². The van der Waals surface area contributed by atoms with Crippen LogP contribution in [0.2, 0.25) is 0 Å². The quantitative estimate of drug-likeness (QED) is 0.711. The van der Waals surface area contributed by atoms with Crippen LogP contribution in [0, 0.1) is 0 Å². The molecule has 0 saturated carbocycles. The van der Waals surface area contributed by atoms with E-state index >= 15 is 0 Å². The molecule has 0 fully saturated rings. The number of amides is 1. The van der Waals surface area contributed by atoms with Gasteiger partial charge in [-0.2, -0.15) is 4.98 Å². The molecule has 136 valence electrons. The minimum absolute atomic E-state index is 0.167. The highest BCUT2D eigenvalue weighted by molar-refractivity contribution is 5.99. The molecule has 2 rings (SSSR count). The van der Waals surface area contributed by atoms with E-state index in [1.807, 2.05) is 39.0 Å². The van der Waals surface area contributed by atoms with Crippen LogP contribution >= 0.6 is 0 Å². The summed E-state index contributed by atoms with van der Waals surface area (Å²) in [5.74, 6) is 0.800. The fourth-order valence-electron chi connectivity index (χ4n) is 2.16. The van der Waals surface area contributed by atoms with E-state index in [1.165, 1.54) is 0 Å². The van der Waals surface area contributed by atoms with Crippen molar-refractivity contribution in [3.63, 3.8) is 0 Å². The summed E-state index contributed by atoms with van der Waals surface area (Å²) in [6, 6.07) is 7.23. The van der Waals surface area contributed by atoms with Gasteiger partial charge in [-0.25, -0.2) is 0 Å². The Bertz CT molecular complexity index is 692. The molecule has 7 heteroatoms. The summed E-state index contributed by atoms with van der Waals surface area (Å²) in [6.07, 6.45) is 0. The molecule has 0 aliphatic carbocycles. The number of ether oxygens (including phenoxy) is 1. The Labute approximate surface area is 148 Å². The Kier molecular flexibility index (Phi) is 6.66. The topological polar surface area (TPSA) is 89.3 Å². The molecule has 0 atom stereocenters. The monoisotopic (exact) mass is 346 g/mol. The molecule has 0 aliphatic heterocycles. The fraction of sp³-hybridized carbons (Fsp3) is 0.500. The van der Waals surface area contributed by atoms with Gasteiger partial charge in [-0.3, -0.25) is 4.79 Å². The highest BCUT2D eigenvalue weighted by Gasteiger charge is 2.23. The summed E-state index contributed by atoms with van der Waals surface area (Å²) in [6.45, 7) is 8.62. The van der Waals surface area contributed by atoms with E-state index in [9.17, 15) is 4.79 Å². The first-order valence-corrected chi connectivity index (χ1v) is 8.35.